The molecule has 4 aromatic carbocycles. The Hall–Kier alpha value is -2.12. The van der Waals surface area contributed by atoms with Gasteiger partial charge in [-0.15, -0.1) is 0 Å². The summed E-state index contributed by atoms with van der Waals surface area (Å²) in [5.41, 5.74) is 1.11. The van der Waals surface area contributed by atoms with Crippen LogP contribution in [-0.2, 0) is 6.16 Å². The van der Waals surface area contributed by atoms with Crippen molar-refractivity contribution in [1.82, 2.24) is 0 Å². The van der Waals surface area contributed by atoms with E-state index in [1.165, 1.54) is 15.9 Å². The molecule has 152 valence electrons. The van der Waals surface area contributed by atoms with Gasteiger partial charge in [0.1, 0.15) is 35.1 Å². The maximum Gasteiger partial charge on any atom is 0.119 e. The van der Waals surface area contributed by atoms with E-state index in [0.29, 0.717) is 0 Å². The van der Waals surface area contributed by atoms with Crippen LogP contribution in [0.15, 0.2) is 109 Å². The average Bonchev–Trinajstić information content (AvgIpc) is 2.80. The van der Waals surface area contributed by atoms with Crippen LogP contribution in [0, 0.1) is 0 Å². The average molecular weight is 498 g/mol. The highest BCUT2D eigenvalue weighted by Gasteiger charge is 2.45. The predicted octanol–water partition coefficient (Wildman–Crippen LogP) is 2.85. The molecule has 0 aliphatic carbocycles. The summed E-state index contributed by atoms with van der Waals surface area (Å²) in [7, 11) is -0.277. The molecule has 0 saturated carbocycles. The lowest BCUT2D eigenvalue weighted by Gasteiger charge is -2.28. The molecule has 4 aromatic rings. The normalized spacial score (nSPS) is 10.9. The van der Waals surface area contributed by atoms with Crippen LogP contribution in [0.4, 0.5) is 0 Å². The molecule has 4 rings (SSSR count). The fourth-order valence-electron chi connectivity index (χ4n) is 3.82. The van der Waals surface area contributed by atoms with Crippen LogP contribution in [0.5, 0.6) is 5.75 Å². The molecule has 0 unspecified atom stereocenters. The second-order valence-corrected chi connectivity index (χ2v) is 10.8. The third kappa shape index (κ3) is 4.47. The van der Waals surface area contributed by atoms with E-state index in [1.54, 1.807) is 7.11 Å². The molecule has 0 radical (unpaired) electrons. The molecule has 0 aliphatic heterocycles. The van der Waals surface area contributed by atoms with Gasteiger partial charge in [-0.25, -0.2) is 0 Å². The van der Waals surface area contributed by atoms with E-state index in [0.717, 1.165) is 22.5 Å². The number of hydrogen-bond donors (Lipinski definition) is 0. The van der Waals surface area contributed by atoms with Gasteiger partial charge in [0.2, 0.25) is 0 Å². The summed E-state index contributed by atoms with van der Waals surface area (Å²) in [4.78, 5) is 0. The van der Waals surface area contributed by atoms with Crippen molar-refractivity contribution in [3.63, 3.8) is 0 Å². The number of methoxy groups -OCH3 is 1. The van der Waals surface area contributed by atoms with Crippen LogP contribution >= 0.6 is 18.9 Å². The minimum absolute atomic E-state index is 0. The van der Waals surface area contributed by atoms with Crippen molar-refractivity contribution in [2.45, 2.75) is 6.16 Å². The zero-order chi connectivity index (χ0) is 20.1. The minimum atomic E-state index is -1.97. The van der Waals surface area contributed by atoms with Crippen LogP contribution in [0.25, 0.3) is 0 Å². The zero-order valence-corrected chi connectivity index (χ0v) is 19.9. The first-order chi connectivity index (χ1) is 14.2. The summed E-state index contributed by atoms with van der Waals surface area (Å²) in [6, 6.07) is 38.4. The lowest BCUT2D eigenvalue weighted by Crippen LogP contribution is -3.00. The van der Waals surface area contributed by atoms with Crippen molar-refractivity contribution >= 4 is 34.8 Å². The Balaban J connectivity index is 0.00000256. The van der Waals surface area contributed by atoms with E-state index >= 15 is 0 Å². The molecule has 0 saturated heterocycles. The predicted molar refractivity (Wildman–Crippen MR) is 127 cm³/mol. The van der Waals surface area contributed by atoms with Gasteiger partial charge in [-0.2, -0.15) is 0 Å². The van der Waals surface area contributed by atoms with E-state index in [9.17, 15) is 0 Å². The van der Waals surface area contributed by atoms with Crippen molar-refractivity contribution < 1.29 is 21.7 Å². The molecule has 1 nitrogen and oxygen atoms in total. The Bertz CT molecular complexity index is 975. The number of benzene rings is 4. The second-order valence-electron chi connectivity index (χ2n) is 6.93. The number of hydrogen-bond acceptors (Lipinski definition) is 1. The summed E-state index contributed by atoms with van der Waals surface area (Å²) in [6.45, 7) is 0. The molecule has 0 atom stereocenters. The first kappa shape index (κ1) is 22.6. The quantitative estimate of drug-likeness (QED) is 0.372. The molecule has 0 bridgehead atoms. The highest BCUT2D eigenvalue weighted by molar-refractivity contribution is 7.95. The van der Waals surface area contributed by atoms with Crippen LogP contribution in [-0.4, -0.2) is 7.11 Å². The van der Waals surface area contributed by atoms with E-state index < -0.39 is 7.26 Å². The van der Waals surface area contributed by atoms with Gasteiger partial charge in [0.25, 0.3) is 0 Å². The Morgan fingerprint density at radius 1 is 0.667 bits per heavy atom. The summed E-state index contributed by atoms with van der Waals surface area (Å²) < 4.78 is 5.50. The second kappa shape index (κ2) is 10.3. The van der Waals surface area contributed by atoms with Gasteiger partial charge in [0, 0.05) is 10.6 Å². The smallest absolute Gasteiger partial charge is 0.119 e. The number of halogens is 2. The van der Waals surface area contributed by atoms with Crippen LogP contribution in [0.3, 0.4) is 0 Å². The minimum Gasteiger partial charge on any atom is -1.00 e. The summed E-state index contributed by atoms with van der Waals surface area (Å²) >= 11 is 6.68. The fourth-order valence-corrected chi connectivity index (χ4v) is 8.36. The Morgan fingerprint density at radius 2 is 1.10 bits per heavy atom. The Morgan fingerprint density at radius 3 is 1.50 bits per heavy atom. The first-order valence-electron chi connectivity index (χ1n) is 9.61. The Kier molecular flexibility index (Phi) is 7.72. The van der Waals surface area contributed by atoms with Crippen LogP contribution in [0.2, 0.25) is 5.02 Å². The topological polar surface area (TPSA) is 9.23 Å². The zero-order valence-electron chi connectivity index (χ0n) is 16.7. The molecule has 0 aromatic heterocycles. The van der Waals surface area contributed by atoms with Gasteiger partial charge in [-0.1, -0.05) is 66.2 Å². The third-order valence-electron chi connectivity index (χ3n) is 5.25. The number of rotatable bonds is 6. The van der Waals surface area contributed by atoms with E-state index in [1.807, 2.05) is 12.1 Å². The van der Waals surface area contributed by atoms with E-state index in [2.05, 4.69) is 97.1 Å². The SMILES string of the molecule is COc1ccc(Cl)c(C[P+](c2ccccc2)(c2ccccc2)c2ccccc2)c1.[Br-]. The van der Waals surface area contributed by atoms with E-state index in [4.69, 9.17) is 16.3 Å². The van der Waals surface area contributed by atoms with Crippen molar-refractivity contribution in [2.75, 3.05) is 7.11 Å². The highest BCUT2D eigenvalue weighted by atomic mass is 79.9. The first-order valence-corrected chi connectivity index (χ1v) is 12.0. The summed E-state index contributed by atoms with van der Waals surface area (Å²) in [6.07, 6.45) is 0.834. The van der Waals surface area contributed by atoms with Gasteiger partial charge in [-0.05, 0) is 54.6 Å². The molecule has 4 heteroatoms. The monoisotopic (exact) mass is 496 g/mol. The molecular weight excluding hydrogens is 475 g/mol. The third-order valence-corrected chi connectivity index (χ3v) is 9.97. The molecule has 0 amide bonds. The summed E-state index contributed by atoms with van der Waals surface area (Å²) in [5.74, 6) is 0.830. The Labute approximate surface area is 194 Å². The highest BCUT2D eigenvalue weighted by Crippen LogP contribution is 2.58. The van der Waals surface area contributed by atoms with Crippen molar-refractivity contribution in [3.8, 4) is 5.75 Å². The lowest BCUT2D eigenvalue weighted by atomic mass is 10.2. The van der Waals surface area contributed by atoms with Crippen molar-refractivity contribution in [3.05, 3.63) is 120 Å². The van der Waals surface area contributed by atoms with Crippen LogP contribution < -0.4 is 37.6 Å². The fraction of sp³-hybridized carbons (Fsp3) is 0.0769. The molecule has 0 heterocycles. The van der Waals surface area contributed by atoms with E-state index in [-0.39, 0.29) is 17.0 Å². The molecule has 0 aliphatic rings. The van der Waals surface area contributed by atoms with Crippen molar-refractivity contribution in [1.29, 1.82) is 0 Å². The van der Waals surface area contributed by atoms with Crippen molar-refractivity contribution in [2.24, 2.45) is 0 Å². The maximum atomic E-state index is 6.68. The van der Waals surface area contributed by atoms with Crippen LogP contribution in [0.1, 0.15) is 5.56 Å². The van der Waals surface area contributed by atoms with Gasteiger partial charge in [0.05, 0.1) is 7.11 Å². The standard InChI is InChI=1S/C26H23ClOP.BrH/c1-28-22-17-18-26(27)21(19-22)20-29(23-11-5-2-6-12-23,24-13-7-3-8-14-24)25-15-9-4-10-16-25;/h2-19H,20H2,1H3;1H/q+1;/p-1. The van der Waals surface area contributed by atoms with Gasteiger partial charge >= 0.3 is 0 Å². The largest absolute Gasteiger partial charge is 1.00 e. The van der Waals surface area contributed by atoms with Gasteiger partial charge in [0.15, 0.2) is 0 Å². The molecule has 30 heavy (non-hydrogen) atoms. The molecule has 0 N–H and O–H groups in total. The molecule has 0 spiro atoms. The maximum absolute atomic E-state index is 6.68. The molecule has 0 fully saturated rings. The lowest BCUT2D eigenvalue weighted by molar-refractivity contribution is -0.00000589. The van der Waals surface area contributed by atoms with Gasteiger partial charge < -0.3 is 21.7 Å². The molecular formula is C26H23BrClOP. The number of ether oxygens (including phenoxy) is 1. The van der Waals surface area contributed by atoms with Gasteiger partial charge in [-0.3, -0.25) is 0 Å². The summed E-state index contributed by atoms with van der Waals surface area (Å²) in [5, 5.41) is 4.81.